The number of hydrogen-bond donors (Lipinski definition) is 2. The Hall–Kier alpha value is -0.610. The molecule has 1 rings (SSSR count). The summed E-state index contributed by atoms with van der Waals surface area (Å²) in [5, 5.41) is 3.44. The van der Waals surface area contributed by atoms with Crippen molar-refractivity contribution in [2.75, 3.05) is 0 Å². The lowest BCUT2D eigenvalue weighted by Gasteiger charge is -2.38. The summed E-state index contributed by atoms with van der Waals surface area (Å²) in [4.78, 5) is 11.7. The van der Waals surface area contributed by atoms with Crippen molar-refractivity contribution in [2.24, 2.45) is 11.7 Å². The van der Waals surface area contributed by atoms with Gasteiger partial charge in [0, 0.05) is 6.04 Å². The molecule has 0 aromatic heterocycles. The first-order valence-electron chi connectivity index (χ1n) is 6.68. The molecule has 0 bridgehead atoms. The molecule has 1 aliphatic rings. The Morgan fingerprint density at radius 2 is 1.89 bits per heavy atom. The molecule has 1 amide bonds. The lowest BCUT2D eigenvalue weighted by Crippen LogP contribution is -2.62. The summed E-state index contributed by atoms with van der Waals surface area (Å²) in [5.74, 6) is -0.174. The van der Waals surface area contributed by atoms with Crippen molar-refractivity contribution in [3.05, 3.63) is 0 Å². The van der Waals surface area contributed by atoms with Gasteiger partial charge in [-0.15, -0.1) is 0 Å². The van der Waals surface area contributed by atoms with Gasteiger partial charge >= 0.3 is 0 Å². The minimum absolute atomic E-state index is 0.118. The molecular formula is C14H28N2O2. The fourth-order valence-electron chi connectivity index (χ4n) is 2.67. The molecule has 2 atom stereocenters. The molecule has 0 spiro atoms. The first-order chi connectivity index (χ1) is 7.91. The highest BCUT2D eigenvalue weighted by Crippen LogP contribution is 2.38. The molecule has 1 fully saturated rings. The van der Waals surface area contributed by atoms with Crippen LogP contribution in [0.2, 0.25) is 0 Å². The maximum atomic E-state index is 11.7. The minimum Gasteiger partial charge on any atom is -0.368 e. The van der Waals surface area contributed by atoms with Gasteiger partial charge in [-0.3, -0.25) is 10.1 Å². The number of carbonyl (C=O) groups excluding carboxylic acids is 1. The summed E-state index contributed by atoms with van der Waals surface area (Å²) in [6.45, 7) is 14.2. The molecule has 4 nitrogen and oxygen atoms in total. The third-order valence-electron chi connectivity index (χ3n) is 4.21. The Morgan fingerprint density at radius 3 is 2.17 bits per heavy atom. The van der Waals surface area contributed by atoms with Crippen molar-refractivity contribution in [3.8, 4) is 0 Å². The van der Waals surface area contributed by atoms with Gasteiger partial charge < -0.3 is 10.5 Å². The monoisotopic (exact) mass is 256 g/mol. The van der Waals surface area contributed by atoms with E-state index in [1.54, 1.807) is 0 Å². The van der Waals surface area contributed by atoms with Crippen molar-refractivity contribution in [3.63, 3.8) is 0 Å². The van der Waals surface area contributed by atoms with Crippen molar-refractivity contribution in [1.29, 1.82) is 0 Å². The molecule has 1 saturated heterocycles. The van der Waals surface area contributed by atoms with Crippen LogP contribution in [0, 0.1) is 5.92 Å². The van der Waals surface area contributed by atoms with E-state index in [9.17, 15) is 4.79 Å². The summed E-state index contributed by atoms with van der Waals surface area (Å²) in [5.41, 5.74) is 4.39. The minimum atomic E-state index is -0.703. The summed E-state index contributed by atoms with van der Waals surface area (Å²) < 4.78 is 6.04. The largest absolute Gasteiger partial charge is 0.368 e. The molecule has 0 radical (unpaired) electrons. The molecule has 3 N–H and O–H groups in total. The van der Waals surface area contributed by atoms with Gasteiger partial charge in [0.15, 0.2) is 0 Å². The van der Waals surface area contributed by atoms with E-state index in [0.29, 0.717) is 0 Å². The topological polar surface area (TPSA) is 64.3 Å². The maximum Gasteiger partial charge on any atom is 0.237 e. The SMILES string of the molecule is CC(C)C(C)(NC1CC(C)(C)OC1(C)C)C(N)=O. The number of primary amides is 1. The molecule has 4 heteroatoms. The van der Waals surface area contributed by atoms with Crippen LogP contribution in [0.4, 0.5) is 0 Å². The van der Waals surface area contributed by atoms with Crippen molar-refractivity contribution in [1.82, 2.24) is 5.32 Å². The molecule has 0 aliphatic carbocycles. The van der Waals surface area contributed by atoms with E-state index in [0.717, 1.165) is 6.42 Å². The highest BCUT2D eigenvalue weighted by Gasteiger charge is 2.49. The average Bonchev–Trinajstić information content (AvgIpc) is 2.33. The molecule has 2 unspecified atom stereocenters. The zero-order chi connectivity index (χ0) is 14.4. The zero-order valence-electron chi connectivity index (χ0n) is 12.8. The van der Waals surface area contributed by atoms with Crippen LogP contribution in [0.15, 0.2) is 0 Å². The maximum absolute atomic E-state index is 11.7. The van der Waals surface area contributed by atoms with Gasteiger partial charge in [0.1, 0.15) is 0 Å². The smallest absolute Gasteiger partial charge is 0.237 e. The Bertz CT molecular complexity index is 337. The van der Waals surface area contributed by atoms with Gasteiger partial charge in [0.05, 0.1) is 16.7 Å². The summed E-state index contributed by atoms with van der Waals surface area (Å²) >= 11 is 0. The second kappa shape index (κ2) is 4.49. The Kier molecular flexibility index (Phi) is 3.86. The van der Waals surface area contributed by atoms with E-state index < -0.39 is 5.54 Å². The number of carbonyl (C=O) groups is 1. The number of nitrogens with two attached hydrogens (primary N) is 1. The molecule has 1 heterocycles. The number of rotatable bonds is 4. The van der Waals surface area contributed by atoms with Crippen LogP contribution in [0.25, 0.3) is 0 Å². The summed E-state index contributed by atoms with van der Waals surface area (Å²) in [6.07, 6.45) is 0.871. The van der Waals surface area contributed by atoms with Gasteiger partial charge in [0.25, 0.3) is 0 Å². The van der Waals surface area contributed by atoms with Crippen LogP contribution in [0.3, 0.4) is 0 Å². The van der Waals surface area contributed by atoms with Crippen molar-refractivity contribution >= 4 is 5.91 Å². The second-order valence-electron chi connectivity index (χ2n) is 7.09. The van der Waals surface area contributed by atoms with E-state index in [2.05, 4.69) is 33.0 Å². The Balaban J connectivity index is 2.93. The quantitative estimate of drug-likeness (QED) is 0.806. The van der Waals surface area contributed by atoms with Gasteiger partial charge in [-0.05, 0) is 47.0 Å². The Labute approximate surface area is 111 Å². The summed E-state index contributed by atoms with van der Waals surface area (Å²) in [6, 6.07) is 0.118. The molecule has 18 heavy (non-hydrogen) atoms. The number of hydrogen-bond acceptors (Lipinski definition) is 3. The van der Waals surface area contributed by atoms with Gasteiger partial charge in [-0.1, -0.05) is 13.8 Å². The van der Waals surface area contributed by atoms with E-state index in [1.165, 1.54) is 0 Å². The Morgan fingerprint density at radius 1 is 1.39 bits per heavy atom. The fraction of sp³-hybridized carbons (Fsp3) is 0.929. The predicted octanol–water partition coefficient (Wildman–Crippen LogP) is 1.82. The number of amides is 1. The van der Waals surface area contributed by atoms with E-state index >= 15 is 0 Å². The van der Waals surface area contributed by atoms with Crippen LogP contribution in [0.1, 0.15) is 54.9 Å². The number of ether oxygens (including phenoxy) is 1. The van der Waals surface area contributed by atoms with Crippen LogP contribution in [0.5, 0.6) is 0 Å². The van der Waals surface area contributed by atoms with Gasteiger partial charge in [0.2, 0.25) is 5.91 Å². The average molecular weight is 256 g/mol. The molecule has 0 saturated carbocycles. The lowest BCUT2D eigenvalue weighted by molar-refractivity contribution is -0.126. The third kappa shape index (κ3) is 2.86. The standard InChI is InChI=1S/C14H28N2O2/c1-9(2)14(7,11(15)17)16-10-8-12(3,4)18-13(10,5)6/h9-10,16H,8H2,1-7H3,(H2,15,17). The van der Waals surface area contributed by atoms with E-state index in [4.69, 9.17) is 10.5 Å². The highest BCUT2D eigenvalue weighted by atomic mass is 16.5. The first-order valence-corrected chi connectivity index (χ1v) is 6.68. The third-order valence-corrected chi connectivity index (χ3v) is 4.21. The zero-order valence-corrected chi connectivity index (χ0v) is 12.8. The molecule has 0 aromatic carbocycles. The first kappa shape index (κ1) is 15.4. The van der Waals surface area contributed by atoms with Crippen LogP contribution in [-0.2, 0) is 9.53 Å². The van der Waals surface area contributed by atoms with Crippen LogP contribution in [-0.4, -0.2) is 28.7 Å². The van der Waals surface area contributed by atoms with Gasteiger partial charge in [-0.25, -0.2) is 0 Å². The molecular weight excluding hydrogens is 228 g/mol. The highest BCUT2D eigenvalue weighted by molar-refractivity contribution is 5.84. The van der Waals surface area contributed by atoms with Crippen LogP contribution >= 0.6 is 0 Å². The van der Waals surface area contributed by atoms with E-state index in [1.807, 2.05) is 20.8 Å². The van der Waals surface area contributed by atoms with Gasteiger partial charge in [-0.2, -0.15) is 0 Å². The lowest BCUT2D eigenvalue weighted by atomic mass is 9.84. The molecule has 0 aromatic rings. The van der Waals surface area contributed by atoms with Crippen LogP contribution < -0.4 is 11.1 Å². The van der Waals surface area contributed by atoms with E-state index in [-0.39, 0.29) is 29.1 Å². The number of nitrogens with one attached hydrogen (secondary N) is 1. The predicted molar refractivity (Wildman–Crippen MR) is 73.2 cm³/mol. The summed E-state index contributed by atoms with van der Waals surface area (Å²) in [7, 11) is 0. The fourth-order valence-corrected chi connectivity index (χ4v) is 2.67. The molecule has 106 valence electrons. The molecule has 1 aliphatic heterocycles. The van der Waals surface area contributed by atoms with Crippen molar-refractivity contribution < 1.29 is 9.53 Å². The normalized spacial score (nSPS) is 29.2. The van der Waals surface area contributed by atoms with Crippen molar-refractivity contribution in [2.45, 2.75) is 77.7 Å². The second-order valence-corrected chi connectivity index (χ2v) is 7.09.